The summed E-state index contributed by atoms with van der Waals surface area (Å²) < 4.78 is 99.0. The molecule has 2 aromatic carbocycles. The van der Waals surface area contributed by atoms with Crippen molar-refractivity contribution in [1.29, 1.82) is 0 Å². The van der Waals surface area contributed by atoms with Crippen molar-refractivity contribution in [2.45, 2.75) is 18.5 Å². The number of nitrogen functional groups attached to an aromatic ring is 1. The Hall–Kier alpha value is -4.16. The number of hydrogen-bond acceptors (Lipinski definition) is 4. The lowest BCUT2D eigenvalue weighted by Gasteiger charge is -2.19. The number of carbonyl (C=O) groups is 1. The number of benzene rings is 2. The van der Waals surface area contributed by atoms with Crippen LogP contribution in [0.1, 0.15) is 21.5 Å². The molecule has 0 bridgehead atoms. The van der Waals surface area contributed by atoms with Gasteiger partial charge in [0.2, 0.25) is 5.95 Å². The minimum absolute atomic E-state index is 0.0318. The van der Waals surface area contributed by atoms with Gasteiger partial charge in [0.15, 0.2) is 5.65 Å². The Labute approximate surface area is 198 Å². The number of amides is 1. The minimum Gasteiger partial charge on any atom is -0.366 e. The van der Waals surface area contributed by atoms with Gasteiger partial charge in [-0.3, -0.25) is 4.79 Å². The van der Waals surface area contributed by atoms with Gasteiger partial charge in [-0.05, 0) is 41.5 Å². The number of pyridine rings is 1. The number of halogens is 7. The van der Waals surface area contributed by atoms with E-state index in [1.54, 1.807) is 5.32 Å². The number of rotatable bonds is 6. The Morgan fingerprint density at radius 3 is 2.36 bits per heavy atom. The molecular weight excluding hydrogens is 495 g/mol. The highest BCUT2D eigenvalue weighted by molar-refractivity contribution is 5.97. The van der Waals surface area contributed by atoms with Crippen molar-refractivity contribution in [2.24, 2.45) is 0 Å². The summed E-state index contributed by atoms with van der Waals surface area (Å²) in [6, 6.07) is 8.05. The molecule has 0 saturated heterocycles. The lowest BCUT2D eigenvalue weighted by molar-refractivity contribution is -0.138. The predicted molar refractivity (Wildman–Crippen MR) is 115 cm³/mol. The molecule has 0 spiro atoms. The molecule has 1 amide bonds. The summed E-state index contributed by atoms with van der Waals surface area (Å²) in [6.07, 6.45) is -4.74. The molecule has 13 heteroatoms. The van der Waals surface area contributed by atoms with Crippen molar-refractivity contribution in [3.05, 3.63) is 83.1 Å². The van der Waals surface area contributed by atoms with Gasteiger partial charge in [0.05, 0.1) is 17.7 Å². The lowest BCUT2D eigenvalue weighted by atomic mass is 9.97. The first kappa shape index (κ1) is 24.9. The summed E-state index contributed by atoms with van der Waals surface area (Å²) in [5.41, 5.74) is 2.28. The number of nitrogens with zero attached hydrogens (tertiary/aromatic N) is 3. The zero-order chi connectivity index (χ0) is 26.3. The van der Waals surface area contributed by atoms with E-state index in [9.17, 15) is 31.1 Å². The average Bonchev–Trinajstić information content (AvgIpc) is 3.17. The van der Waals surface area contributed by atoms with E-state index in [1.807, 2.05) is 0 Å². The van der Waals surface area contributed by atoms with E-state index in [0.29, 0.717) is 6.07 Å². The summed E-state index contributed by atoms with van der Waals surface area (Å²) in [5, 5.41) is 5.52. The highest BCUT2D eigenvalue weighted by atomic mass is 19.4. The van der Waals surface area contributed by atoms with Crippen LogP contribution in [-0.4, -0.2) is 33.0 Å². The van der Waals surface area contributed by atoms with Gasteiger partial charge in [0.1, 0.15) is 11.6 Å². The quantitative estimate of drug-likeness (QED) is 0.362. The highest BCUT2D eigenvalue weighted by Gasteiger charge is 2.39. The molecule has 6 nitrogen and oxygen atoms in total. The maximum atomic E-state index is 15.4. The number of hydrogen-bond donors (Lipinski definition) is 2. The minimum atomic E-state index is -5.14. The zero-order valence-electron chi connectivity index (χ0n) is 18.1. The summed E-state index contributed by atoms with van der Waals surface area (Å²) in [6.45, 7) is -1.38. The summed E-state index contributed by atoms with van der Waals surface area (Å²) in [7, 11) is 0. The van der Waals surface area contributed by atoms with Gasteiger partial charge in [0.25, 0.3) is 11.8 Å². The van der Waals surface area contributed by atoms with Gasteiger partial charge in [-0.1, -0.05) is 18.2 Å². The average molecular weight is 511 g/mol. The summed E-state index contributed by atoms with van der Waals surface area (Å²) in [5.74, 6) is -7.58. The smallest absolute Gasteiger partial charge is 0.366 e. The van der Waals surface area contributed by atoms with Gasteiger partial charge in [0, 0.05) is 18.2 Å². The third-order valence-electron chi connectivity index (χ3n) is 5.22. The zero-order valence-corrected chi connectivity index (χ0v) is 18.1. The van der Waals surface area contributed by atoms with Crippen LogP contribution in [0.25, 0.3) is 16.8 Å². The number of alkyl halides is 5. The molecule has 2 heterocycles. The van der Waals surface area contributed by atoms with Crippen LogP contribution >= 0.6 is 0 Å². The molecule has 0 unspecified atom stereocenters. The van der Waals surface area contributed by atoms with Crippen molar-refractivity contribution < 1.29 is 35.5 Å². The van der Waals surface area contributed by atoms with Crippen molar-refractivity contribution in [1.82, 2.24) is 19.9 Å². The van der Waals surface area contributed by atoms with Crippen LogP contribution in [0.3, 0.4) is 0 Å². The fraction of sp³-hybridized carbons (Fsp3) is 0.174. The van der Waals surface area contributed by atoms with E-state index < -0.39 is 59.3 Å². The molecule has 3 N–H and O–H groups in total. The third kappa shape index (κ3) is 5.24. The predicted octanol–water partition coefficient (Wildman–Crippen LogP) is 4.88. The number of anilines is 1. The Bertz CT molecular complexity index is 1430. The number of aromatic nitrogens is 3. The molecule has 0 aliphatic heterocycles. The second-order valence-electron chi connectivity index (χ2n) is 7.88. The van der Waals surface area contributed by atoms with Crippen LogP contribution < -0.4 is 11.1 Å². The summed E-state index contributed by atoms with van der Waals surface area (Å²) in [4.78, 5) is 16.5. The fourth-order valence-electron chi connectivity index (χ4n) is 3.58. The molecule has 2 aromatic heterocycles. The molecule has 36 heavy (non-hydrogen) atoms. The van der Waals surface area contributed by atoms with Gasteiger partial charge >= 0.3 is 6.18 Å². The van der Waals surface area contributed by atoms with Crippen LogP contribution in [0, 0.1) is 11.6 Å². The topological polar surface area (TPSA) is 85.3 Å². The molecule has 0 saturated carbocycles. The molecule has 0 radical (unpaired) electrons. The Morgan fingerprint density at radius 1 is 1.00 bits per heavy atom. The molecule has 0 aliphatic carbocycles. The number of carbonyl (C=O) groups excluding carboxylic acids is 1. The van der Waals surface area contributed by atoms with Crippen LogP contribution in [0.15, 0.2) is 54.7 Å². The number of nitrogens with one attached hydrogen (secondary N) is 1. The first-order chi connectivity index (χ1) is 16.8. The van der Waals surface area contributed by atoms with E-state index in [2.05, 4.69) is 10.1 Å². The second kappa shape index (κ2) is 9.13. The van der Waals surface area contributed by atoms with Gasteiger partial charge in [-0.25, -0.2) is 22.1 Å². The maximum Gasteiger partial charge on any atom is 0.417 e. The lowest BCUT2D eigenvalue weighted by Crippen LogP contribution is -2.39. The molecular formula is C23H16F7N5O. The molecule has 188 valence electrons. The van der Waals surface area contributed by atoms with Crippen molar-refractivity contribution >= 4 is 17.5 Å². The normalized spacial score (nSPS) is 12.2. The number of fused-ring (bicyclic) bond motifs is 1. The van der Waals surface area contributed by atoms with Crippen molar-refractivity contribution in [3.63, 3.8) is 0 Å². The van der Waals surface area contributed by atoms with Gasteiger partial charge in [-0.2, -0.15) is 18.2 Å². The summed E-state index contributed by atoms with van der Waals surface area (Å²) >= 11 is 0. The second-order valence-corrected chi connectivity index (χ2v) is 7.88. The number of nitrogens with two attached hydrogens (primary N) is 1. The van der Waals surface area contributed by atoms with E-state index in [-0.39, 0.29) is 22.7 Å². The van der Waals surface area contributed by atoms with Crippen molar-refractivity contribution in [3.8, 4) is 11.1 Å². The Kier molecular flexibility index (Phi) is 6.33. The molecule has 4 rings (SSSR count). The first-order valence-electron chi connectivity index (χ1n) is 10.3. The van der Waals surface area contributed by atoms with E-state index in [1.165, 1.54) is 22.8 Å². The van der Waals surface area contributed by atoms with E-state index in [0.717, 1.165) is 30.3 Å². The molecule has 0 aliphatic rings. The van der Waals surface area contributed by atoms with E-state index >= 15 is 4.39 Å². The molecule has 0 fully saturated rings. The Balaban J connectivity index is 1.65. The SMILES string of the molecule is Nc1nc2cc(-c3ccc(C(F)(F)F)c(C(=O)NCC(F)(F)Cc4ccc(F)cc4)c3F)ccn2n1. The monoisotopic (exact) mass is 511 g/mol. The largest absolute Gasteiger partial charge is 0.417 e. The fourth-order valence-corrected chi connectivity index (χ4v) is 3.58. The van der Waals surface area contributed by atoms with Crippen LogP contribution in [-0.2, 0) is 12.6 Å². The first-order valence-corrected chi connectivity index (χ1v) is 10.3. The van der Waals surface area contributed by atoms with Crippen LogP contribution in [0.2, 0.25) is 0 Å². The van der Waals surface area contributed by atoms with Crippen molar-refractivity contribution in [2.75, 3.05) is 12.3 Å². The van der Waals surface area contributed by atoms with Crippen LogP contribution in [0.5, 0.6) is 0 Å². The molecule has 0 atom stereocenters. The van der Waals surface area contributed by atoms with Gasteiger partial charge in [-0.15, -0.1) is 5.10 Å². The third-order valence-corrected chi connectivity index (χ3v) is 5.22. The highest BCUT2D eigenvalue weighted by Crippen LogP contribution is 2.37. The standard InChI is InChI=1S/C23H16F7N5O/c24-14-3-1-12(2-4-14)10-22(26,27)11-32-20(36)18-16(23(28,29)30)6-5-15(19(18)25)13-7-8-35-17(9-13)33-21(31)34-35/h1-9H,10-11H2,(H2,31,34)(H,32,36). The van der Waals surface area contributed by atoms with Gasteiger partial charge < -0.3 is 11.1 Å². The van der Waals surface area contributed by atoms with E-state index in [4.69, 9.17) is 5.73 Å². The van der Waals surface area contributed by atoms with Crippen LogP contribution in [0.4, 0.5) is 36.7 Å². The Morgan fingerprint density at radius 2 is 1.69 bits per heavy atom. The molecule has 4 aromatic rings. The maximum absolute atomic E-state index is 15.4.